The fourth-order valence-corrected chi connectivity index (χ4v) is 5.60. The van der Waals surface area contributed by atoms with Gasteiger partial charge in [0, 0.05) is 33.8 Å². The van der Waals surface area contributed by atoms with Gasteiger partial charge < -0.3 is 19.5 Å². The Bertz CT molecular complexity index is 2620. The van der Waals surface area contributed by atoms with Crippen LogP contribution in [0, 0.1) is 58.3 Å². The summed E-state index contributed by atoms with van der Waals surface area (Å²) >= 11 is 0. The van der Waals surface area contributed by atoms with Gasteiger partial charge in [-0.15, -0.1) is 0 Å². The van der Waals surface area contributed by atoms with E-state index in [9.17, 15) is 22.4 Å². The van der Waals surface area contributed by atoms with Gasteiger partial charge in [-0.3, -0.25) is 0 Å². The lowest BCUT2D eigenvalue weighted by atomic mass is 10.0. The Balaban J connectivity index is 1.11. The van der Waals surface area contributed by atoms with Crippen molar-refractivity contribution < 1.29 is 36.9 Å². The van der Waals surface area contributed by atoms with Gasteiger partial charge in [-0.05, 0) is 114 Å². The lowest BCUT2D eigenvalue weighted by Gasteiger charge is -2.25. The number of aliphatic carboxylic acids is 1. The number of halogens is 4. The highest BCUT2D eigenvalue weighted by Gasteiger charge is 2.25. The summed E-state index contributed by atoms with van der Waals surface area (Å²) in [4.78, 5) is 13.1. The molecule has 0 saturated carbocycles. The molecule has 0 fully saturated rings. The first kappa shape index (κ1) is 39.7. The van der Waals surface area contributed by atoms with Crippen LogP contribution in [0.2, 0.25) is 0 Å². The van der Waals surface area contributed by atoms with Crippen molar-refractivity contribution in [2.75, 3.05) is 19.1 Å². The van der Waals surface area contributed by atoms with Crippen LogP contribution in [0.4, 0.5) is 34.6 Å². The Morgan fingerprint density at radius 2 is 0.931 bits per heavy atom. The van der Waals surface area contributed by atoms with Crippen molar-refractivity contribution in [3.8, 4) is 41.2 Å². The average molecular weight is 775 g/mol. The van der Waals surface area contributed by atoms with Crippen LogP contribution in [0.1, 0.15) is 38.9 Å². The van der Waals surface area contributed by atoms with E-state index >= 15 is 0 Å². The largest absolute Gasteiger partial charge is 0.497 e. The van der Waals surface area contributed by atoms with E-state index < -0.39 is 45.9 Å². The van der Waals surface area contributed by atoms with Crippen LogP contribution in [0.25, 0.3) is 18.2 Å². The van der Waals surface area contributed by atoms with Crippen LogP contribution in [-0.4, -0.2) is 25.3 Å². The number of hydrogen-bond donors (Lipinski definition) is 1. The summed E-state index contributed by atoms with van der Waals surface area (Å²) < 4.78 is 69.0. The van der Waals surface area contributed by atoms with Crippen LogP contribution in [-0.2, 0) is 4.79 Å². The Morgan fingerprint density at radius 1 is 0.569 bits per heavy atom. The van der Waals surface area contributed by atoms with Gasteiger partial charge in [0.15, 0.2) is 23.3 Å². The molecule has 0 aliphatic rings. The third-order valence-electron chi connectivity index (χ3n) is 8.70. The van der Waals surface area contributed by atoms with Gasteiger partial charge in [0.05, 0.1) is 19.8 Å². The van der Waals surface area contributed by atoms with Gasteiger partial charge in [-0.1, -0.05) is 60.1 Å². The van der Waals surface area contributed by atoms with Crippen LogP contribution in [0.15, 0.2) is 127 Å². The van der Waals surface area contributed by atoms with Crippen molar-refractivity contribution in [1.29, 1.82) is 5.26 Å². The van der Waals surface area contributed by atoms with Crippen LogP contribution < -0.4 is 14.4 Å². The molecule has 1 N–H and O–H groups in total. The number of rotatable bonds is 9. The second-order valence-corrected chi connectivity index (χ2v) is 12.4. The van der Waals surface area contributed by atoms with Crippen molar-refractivity contribution in [2.24, 2.45) is 0 Å². The molecular formula is C48H30F4N2O4. The zero-order valence-corrected chi connectivity index (χ0v) is 30.9. The van der Waals surface area contributed by atoms with Crippen LogP contribution in [0.5, 0.6) is 11.5 Å². The molecule has 0 aromatic heterocycles. The third-order valence-corrected chi connectivity index (χ3v) is 8.70. The number of hydrogen-bond acceptors (Lipinski definition) is 5. The molecule has 6 nitrogen and oxygen atoms in total. The highest BCUT2D eigenvalue weighted by Crippen LogP contribution is 2.36. The van der Waals surface area contributed by atoms with Gasteiger partial charge in [0.25, 0.3) is 0 Å². The number of nitrogens with zero attached hydrogens (tertiary/aromatic N) is 2. The molecule has 10 heteroatoms. The Hall–Kier alpha value is -8.00. The predicted octanol–water partition coefficient (Wildman–Crippen LogP) is 10.7. The maximum atomic E-state index is 14.6. The smallest absolute Gasteiger partial charge is 0.346 e. The number of ether oxygens (including phenoxy) is 2. The minimum absolute atomic E-state index is 0.218. The molecule has 0 atom stereocenters. The Kier molecular flexibility index (Phi) is 12.4. The van der Waals surface area contributed by atoms with E-state index in [1.165, 1.54) is 6.07 Å². The van der Waals surface area contributed by atoms with Crippen molar-refractivity contribution in [2.45, 2.75) is 0 Å². The molecular weight excluding hydrogens is 745 g/mol. The number of anilines is 3. The predicted molar refractivity (Wildman–Crippen MR) is 216 cm³/mol. The molecule has 58 heavy (non-hydrogen) atoms. The van der Waals surface area contributed by atoms with Crippen molar-refractivity contribution in [1.82, 2.24) is 0 Å². The zero-order valence-electron chi connectivity index (χ0n) is 30.9. The monoisotopic (exact) mass is 774 g/mol. The highest BCUT2D eigenvalue weighted by molar-refractivity contribution is 5.96. The molecule has 0 aliphatic heterocycles. The molecule has 6 aromatic rings. The maximum absolute atomic E-state index is 14.6. The van der Waals surface area contributed by atoms with Gasteiger partial charge in [-0.25, -0.2) is 22.4 Å². The van der Waals surface area contributed by atoms with Gasteiger partial charge in [0.2, 0.25) is 0 Å². The minimum atomic E-state index is -1.87. The molecule has 6 aromatic carbocycles. The van der Waals surface area contributed by atoms with Crippen molar-refractivity contribution in [3.05, 3.63) is 189 Å². The molecule has 0 radical (unpaired) electrons. The second kappa shape index (κ2) is 18.1. The second-order valence-electron chi connectivity index (χ2n) is 12.4. The topological polar surface area (TPSA) is 82.8 Å². The van der Waals surface area contributed by atoms with Crippen molar-refractivity contribution in [3.63, 3.8) is 0 Å². The Morgan fingerprint density at radius 3 is 1.29 bits per heavy atom. The SMILES string of the molecule is COc1ccc(N(c2ccc(C#Cc3ccc(/C=C/c4ccc(C#Cc5c(F)c(F)c(/C=C(\C#N)C(=O)O)c(F)c5F)cc4)cc3)cc2)c2ccc(OC)cc2)cc1. The normalized spacial score (nSPS) is 10.8. The summed E-state index contributed by atoms with van der Waals surface area (Å²) in [5.41, 5.74) is 2.94. The first-order chi connectivity index (χ1) is 28.1. The summed E-state index contributed by atoms with van der Waals surface area (Å²) in [6.45, 7) is 0. The number of nitriles is 1. The fourth-order valence-electron chi connectivity index (χ4n) is 5.60. The first-order valence-electron chi connectivity index (χ1n) is 17.4. The molecule has 0 unspecified atom stereocenters. The fraction of sp³-hybridized carbons (Fsp3) is 0.0417. The lowest BCUT2D eigenvalue weighted by Crippen LogP contribution is -2.09. The van der Waals surface area contributed by atoms with E-state index in [2.05, 4.69) is 28.6 Å². The first-order valence-corrected chi connectivity index (χ1v) is 17.4. The quantitative estimate of drug-likeness (QED) is 0.0393. The van der Waals surface area contributed by atoms with Crippen molar-refractivity contribution >= 4 is 41.3 Å². The zero-order chi connectivity index (χ0) is 41.2. The van der Waals surface area contributed by atoms with E-state index in [0.717, 1.165) is 50.8 Å². The molecule has 0 saturated heterocycles. The number of carboxylic acids is 1. The van der Waals surface area contributed by atoms with E-state index in [1.54, 1.807) is 38.5 Å². The van der Waals surface area contributed by atoms with Gasteiger partial charge >= 0.3 is 5.97 Å². The number of benzene rings is 6. The lowest BCUT2D eigenvalue weighted by molar-refractivity contribution is -0.132. The summed E-state index contributed by atoms with van der Waals surface area (Å²) in [5.74, 6) is 3.35. The number of carboxylic acid groups (broad SMARTS) is 1. The molecule has 0 heterocycles. The average Bonchev–Trinajstić information content (AvgIpc) is 3.26. The van der Waals surface area contributed by atoms with Crippen LogP contribution in [0.3, 0.4) is 0 Å². The summed E-state index contributed by atoms with van der Waals surface area (Å²) in [5, 5.41) is 17.7. The van der Waals surface area contributed by atoms with E-state index in [0.29, 0.717) is 5.56 Å². The van der Waals surface area contributed by atoms with E-state index in [-0.39, 0.29) is 6.08 Å². The van der Waals surface area contributed by atoms with Gasteiger partial charge in [0.1, 0.15) is 28.7 Å². The summed E-state index contributed by atoms with van der Waals surface area (Å²) in [6, 6.07) is 39.1. The van der Waals surface area contributed by atoms with Gasteiger partial charge in [-0.2, -0.15) is 5.26 Å². The molecule has 0 bridgehead atoms. The summed E-state index contributed by atoms with van der Waals surface area (Å²) in [7, 11) is 3.27. The molecule has 284 valence electrons. The van der Waals surface area contributed by atoms with Crippen LogP contribution >= 0.6 is 0 Å². The number of carbonyl (C=O) groups is 1. The molecule has 0 amide bonds. The highest BCUT2D eigenvalue weighted by atomic mass is 19.2. The molecule has 0 spiro atoms. The Labute approximate surface area is 332 Å². The summed E-state index contributed by atoms with van der Waals surface area (Å²) in [6.07, 6.45) is 3.96. The molecule has 0 aliphatic carbocycles. The standard InChI is InChI=1S/C48H30F4N2O4/c1-57-40-24-20-38(21-25-40)54(39-22-26-41(58-2)27-23-39)37-18-15-35(16-19-37)14-11-32-6-3-31(4-7-32)5-8-33-9-12-34(13-10-33)17-28-42-44(49)46(51)43(47(52)45(42)50)29-36(30-53)48(55)56/h3-10,12-13,15-16,18-27,29H,1-2H3,(H,55,56)/b8-5+,36-29+. The number of methoxy groups -OCH3 is 2. The minimum Gasteiger partial charge on any atom is -0.497 e. The maximum Gasteiger partial charge on any atom is 0.346 e. The third kappa shape index (κ3) is 9.26. The van der Waals surface area contributed by atoms with E-state index in [4.69, 9.17) is 19.8 Å². The van der Waals surface area contributed by atoms with E-state index in [1.807, 2.05) is 109 Å². The molecule has 6 rings (SSSR count).